The fourth-order valence-electron chi connectivity index (χ4n) is 2.05. The monoisotopic (exact) mass is 230 g/mol. The zero-order valence-electron chi connectivity index (χ0n) is 9.23. The Morgan fingerprint density at radius 1 is 1.40 bits per heavy atom. The van der Waals surface area contributed by atoms with Gasteiger partial charge in [-0.2, -0.15) is 5.10 Å². The van der Waals surface area contributed by atoms with Gasteiger partial charge in [0.25, 0.3) is 0 Å². The summed E-state index contributed by atoms with van der Waals surface area (Å²) in [6, 6.07) is 3.24. The molecule has 1 saturated heterocycles. The van der Waals surface area contributed by atoms with Crippen LogP contribution in [0.15, 0.2) is 12.3 Å². The maximum atomic E-state index is 3.97. The van der Waals surface area contributed by atoms with E-state index in [0.29, 0.717) is 12.1 Å². The second kappa shape index (κ2) is 5.49. The molecule has 15 heavy (non-hydrogen) atoms. The molecule has 1 aromatic rings. The zero-order chi connectivity index (χ0) is 9.97. The Morgan fingerprint density at radius 2 is 2.07 bits per heavy atom. The first kappa shape index (κ1) is 12.5. The molecule has 0 amide bonds. The van der Waals surface area contributed by atoms with Crippen LogP contribution in [-0.2, 0) is 6.54 Å². The number of aromatic amines is 1. The summed E-state index contributed by atoms with van der Waals surface area (Å²) in [4.78, 5) is 2.50. The van der Waals surface area contributed by atoms with Gasteiger partial charge in [-0.3, -0.25) is 10.00 Å². The lowest BCUT2D eigenvalue weighted by molar-refractivity contribution is 0.107. The van der Waals surface area contributed by atoms with Crippen LogP contribution in [0.5, 0.6) is 0 Å². The molecule has 2 rings (SSSR count). The van der Waals surface area contributed by atoms with Crippen LogP contribution in [0.3, 0.4) is 0 Å². The van der Waals surface area contributed by atoms with Crippen molar-refractivity contribution in [3.8, 4) is 0 Å². The molecule has 0 aliphatic carbocycles. The summed E-state index contributed by atoms with van der Waals surface area (Å²) in [5.74, 6) is 0. The molecule has 0 spiro atoms. The molecule has 4 nitrogen and oxygen atoms in total. The van der Waals surface area contributed by atoms with Crippen LogP contribution >= 0.6 is 12.4 Å². The van der Waals surface area contributed by atoms with Gasteiger partial charge in [0.05, 0.1) is 0 Å². The molecule has 1 aliphatic heterocycles. The van der Waals surface area contributed by atoms with Crippen LogP contribution < -0.4 is 5.32 Å². The van der Waals surface area contributed by atoms with Crippen LogP contribution in [0, 0.1) is 0 Å². The first-order valence-electron chi connectivity index (χ1n) is 5.22. The highest BCUT2D eigenvalue weighted by Crippen LogP contribution is 2.12. The van der Waals surface area contributed by atoms with Crippen molar-refractivity contribution < 1.29 is 0 Å². The topological polar surface area (TPSA) is 44.0 Å². The van der Waals surface area contributed by atoms with Crippen molar-refractivity contribution in [1.82, 2.24) is 20.4 Å². The quantitative estimate of drug-likeness (QED) is 0.797. The van der Waals surface area contributed by atoms with E-state index in [-0.39, 0.29) is 12.4 Å². The van der Waals surface area contributed by atoms with E-state index in [1.54, 1.807) is 0 Å². The summed E-state index contributed by atoms with van der Waals surface area (Å²) in [5, 5.41) is 10.4. The molecule has 1 aromatic heterocycles. The average molecular weight is 231 g/mol. The summed E-state index contributed by atoms with van der Waals surface area (Å²) in [5.41, 5.74) is 1.20. The Bertz CT molecular complexity index is 265. The zero-order valence-corrected chi connectivity index (χ0v) is 10.0. The van der Waals surface area contributed by atoms with Gasteiger partial charge in [0, 0.05) is 43.6 Å². The third kappa shape index (κ3) is 2.93. The summed E-state index contributed by atoms with van der Waals surface area (Å²) >= 11 is 0. The van der Waals surface area contributed by atoms with Crippen LogP contribution in [0.2, 0.25) is 0 Å². The molecule has 1 aliphatic rings. The van der Waals surface area contributed by atoms with E-state index in [1.165, 1.54) is 5.69 Å². The number of halogens is 1. The van der Waals surface area contributed by atoms with Crippen LogP contribution in [-0.4, -0.2) is 40.3 Å². The number of H-pyrrole nitrogens is 1. The van der Waals surface area contributed by atoms with Gasteiger partial charge in [0.15, 0.2) is 0 Å². The van der Waals surface area contributed by atoms with Gasteiger partial charge < -0.3 is 5.32 Å². The van der Waals surface area contributed by atoms with Crippen molar-refractivity contribution >= 4 is 12.4 Å². The average Bonchev–Trinajstić information content (AvgIpc) is 2.64. The Balaban J connectivity index is 0.00000112. The van der Waals surface area contributed by atoms with Crippen molar-refractivity contribution in [2.24, 2.45) is 0 Å². The minimum Gasteiger partial charge on any atom is -0.314 e. The fourth-order valence-corrected chi connectivity index (χ4v) is 2.05. The van der Waals surface area contributed by atoms with Gasteiger partial charge in [0.1, 0.15) is 0 Å². The normalized spacial score (nSPS) is 27.3. The number of aromatic nitrogens is 2. The van der Waals surface area contributed by atoms with E-state index in [1.807, 2.05) is 12.3 Å². The minimum atomic E-state index is 0. The first-order chi connectivity index (χ1) is 6.77. The van der Waals surface area contributed by atoms with Crippen molar-refractivity contribution in [1.29, 1.82) is 0 Å². The van der Waals surface area contributed by atoms with Gasteiger partial charge in [0.2, 0.25) is 0 Å². The standard InChI is InChI=1S/C10H18N4.ClH/c1-8-5-11-6-9(2)14(8)7-10-3-4-12-13-10;/h3-4,8-9,11H,5-7H2,1-2H3,(H,12,13);1H. The maximum Gasteiger partial charge on any atom is 0.0492 e. The highest BCUT2D eigenvalue weighted by Gasteiger charge is 2.24. The van der Waals surface area contributed by atoms with Crippen molar-refractivity contribution in [3.05, 3.63) is 18.0 Å². The van der Waals surface area contributed by atoms with Gasteiger partial charge in [-0.1, -0.05) is 0 Å². The Hall–Kier alpha value is -0.580. The molecule has 0 bridgehead atoms. The fraction of sp³-hybridized carbons (Fsp3) is 0.700. The highest BCUT2D eigenvalue weighted by molar-refractivity contribution is 5.85. The largest absolute Gasteiger partial charge is 0.314 e. The third-order valence-corrected chi connectivity index (χ3v) is 2.92. The molecular formula is C10H19ClN4. The van der Waals surface area contributed by atoms with Gasteiger partial charge in [-0.05, 0) is 19.9 Å². The first-order valence-corrected chi connectivity index (χ1v) is 5.22. The molecule has 2 unspecified atom stereocenters. The van der Waals surface area contributed by atoms with E-state index in [2.05, 4.69) is 34.3 Å². The van der Waals surface area contributed by atoms with E-state index < -0.39 is 0 Å². The van der Waals surface area contributed by atoms with Crippen molar-refractivity contribution in [3.63, 3.8) is 0 Å². The summed E-state index contributed by atoms with van der Waals surface area (Å²) < 4.78 is 0. The Kier molecular flexibility index (Phi) is 4.57. The van der Waals surface area contributed by atoms with Gasteiger partial charge in [-0.25, -0.2) is 0 Å². The van der Waals surface area contributed by atoms with E-state index in [0.717, 1.165) is 19.6 Å². The molecule has 2 atom stereocenters. The molecule has 0 aromatic carbocycles. The molecule has 0 radical (unpaired) electrons. The van der Waals surface area contributed by atoms with Crippen LogP contribution in [0.1, 0.15) is 19.5 Å². The maximum absolute atomic E-state index is 3.97. The van der Waals surface area contributed by atoms with Crippen LogP contribution in [0.4, 0.5) is 0 Å². The van der Waals surface area contributed by atoms with Crippen molar-refractivity contribution in [2.75, 3.05) is 13.1 Å². The smallest absolute Gasteiger partial charge is 0.0492 e. The molecule has 5 heteroatoms. The lowest BCUT2D eigenvalue weighted by Crippen LogP contribution is -2.54. The second-order valence-corrected chi connectivity index (χ2v) is 4.11. The summed E-state index contributed by atoms with van der Waals surface area (Å²) in [7, 11) is 0. The molecule has 2 heterocycles. The molecule has 2 N–H and O–H groups in total. The van der Waals surface area contributed by atoms with Crippen LogP contribution in [0.25, 0.3) is 0 Å². The third-order valence-electron chi connectivity index (χ3n) is 2.92. The number of piperazine rings is 1. The summed E-state index contributed by atoms with van der Waals surface area (Å²) in [6.45, 7) is 7.67. The number of hydrogen-bond donors (Lipinski definition) is 2. The lowest BCUT2D eigenvalue weighted by Gasteiger charge is -2.39. The predicted molar refractivity (Wildman–Crippen MR) is 63.2 cm³/mol. The minimum absolute atomic E-state index is 0. The number of rotatable bonds is 2. The van der Waals surface area contributed by atoms with E-state index >= 15 is 0 Å². The predicted octanol–water partition coefficient (Wildman–Crippen LogP) is 1.01. The molecule has 86 valence electrons. The number of nitrogens with one attached hydrogen (secondary N) is 2. The second-order valence-electron chi connectivity index (χ2n) is 4.11. The van der Waals surface area contributed by atoms with E-state index in [9.17, 15) is 0 Å². The molecule has 1 fully saturated rings. The molecule has 0 saturated carbocycles. The van der Waals surface area contributed by atoms with Crippen molar-refractivity contribution in [2.45, 2.75) is 32.5 Å². The van der Waals surface area contributed by atoms with Gasteiger partial charge >= 0.3 is 0 Å². The van der Waals surface area contributed by atoms with E-state index in [4.69, 9.17) is 0 Å². The number of nitrogens with zero attached hydrogens (tertiary/aromatic N) is 2. The number of hydrogen-bond acceptors (Lipinski definition) is 3. The highest BCUT2D eigenvalue weighted by atomic mass is 35.5. The Morgan fingerprint density at radius 3 is 2.60 bits per heavy atom. The van der Waals surface area contributed by atoms with Gasteiger partial charge in [-0.15, -0.1) is 12.4 Å². The SMILES string of the molecule is CC1CNCC(C)N1Cc1ccn[nH]1.Cl. The molecular weight excluding hydrogens is 212 g/mol. The summed E-state index contributed by atoms with van der Waals surface area (Å²) in [6.07, 6.45) is 1.81. The lowest BCUT2D eigenvalue weighted by atomic mass is 10.1. The Labute approximate surface area is 96.8 Å².